The van der Waals surface area contributed by atoms with E-state index in [0.29, 0.717) is 29.8 Å². The number of hydrogen-bond donors (Lipinski definition) is 0. The molecular weight excluding hydrogens is 258 g/mol. The van der Waals surface area contributed by atoms with Gasteiger partial charge in [0.25, 0.3) is 5.91 Å². The van der Waals surface area contributed by atoms with Crippen LogP contribution in [0.25, 0.3) is 11.0 Å². The molecule has 104 valence electrons. The Morgan fingerprint density at radius 1 is 1.30 bits per heavy atom. The van der Waals surface area contributed by atoms with Crippen LogP contribution >= 0.6 is 0 Å². The number of methoxy groups -OCH3 is 1. The molecule has 3 rings (SSSR count). The first-order valence-electron chi connectivity index (χ1n) is 6.61. The van der Waals surface area contributed by atoms with Crippen LogP contribution in [0.2, 0.25) is 0 Å². The SMILES string of the molecule is COc1cccc2cc(C(=O)N3CCCC3)c(=O)oc12. The highest BCUT2D eigenvalue weighted by molar-refractivity contribution is 5.97. The second-order valence-electron chi connectivity index (χ2n) is 4.83. The summed E-state index contributed by atoms with van der Waals surface area (Å²) >= 11 is 0. The number of carbonyl (C=O) groups excluding carboxylic acids is 1. The van der Waals surface area contributed by atoms with Crippen molar-refractivity contribution in [3.8, 4) is 5.75 Å². The van der Waals surface area contributed by atoms with Crippen LogP contribution in [0.1, 0.15) is 23.2 Å². The lowest BCUT2D eigenvalue weighted by Gasteiger charge is -2.14. The van der Waals surface area contributed by atoms with Gasteiger partial charge in [-0.3, -0.25) is 4.79 Å². The Hall–Kier alpha value is -2.30. The van der Waals surface area contributed by atoms with Crippen molar-refractivity contribution in [2.45, 2.75) is 12.8 Å². The Balaban J connectivity index is 2.10. The third-order valence-electron chi connectivity index (χ3n) is 3.57. The molecule has 2 heterocycles. The van der Waals surface area contributed by atoms with E-state index in [9.17, 15) is 9.59 Å². The highest BCUT2D eigenvalue weighted by Gasteiger charge is 2.23. The van der Waals surface area contributed by atoms with Crippen molar-refractivity contribution in [1.29, 1.82) is 0 Å². The van der Waals surface area contributed by atoms with E-state index in [-0.39, 0.29) is 11.5 Å². The van der Waals surface area contributed by atoms with Crippen LogP contribution in [-0.2, 0) is 0 Å². The highest BCUT2D eigenvalue weighted by Crippen LogP contribution is 2.25. The van der Waals surface area contributed by atoms with Crippen LogP contribution in [0.4, 0.5) is 0 Å². The normalized spacial score (nSPS) is 14.8. The van der Waals surface area contributed by atoms with Crippen molar-refractivity contribution < 1.29 is 13.9 Å². The zero-order chi connectivity index (χ0) is 14.1. The maximum absolute atomic E-state index is 12.3. The second-order valence-corrected chi connectivity index (χ2v) is 4.83. The number of hydrogen-bond acceptors (Lipinski definition) is 4. The molecule has 5 nitrogen and oxygen atoms in total. The zero-order valence-corrected chi connectivity index (χ0v) is 11.2. The summed E-state index contributed by atoms with van der Waals surface area (Å²) in [6.45, 7) is 1.41. The van der Waals surface area contributed by atoms with Crippen LogP contribution < -0.4 is 10.4 Å². The third kappa shape index (κ3) is 2.05. The maximum atomic E-state index is 12.3. The van der Waals surface area contributed by atoms with Crippen LogP contribution in [0.5, 0.6) is 5.75 Å². The monoisotopic (exact) mass is 273 g/mol. The van der Waals surface area contributed by atoms with Gasteiger partial charge in [-0.05, 0) is 25.0 Å². The maximum Gasteiger partial charge on any atom is 0.349 e. The molecule has 1 aliphatic rings. The van der Waals surface area contributed by atoms with E-state index in [4.69, 9.17) is 9.15 Å². The average Bonchev–Trinajstić information content (AvgIpc) is 2.99. The molecule has 0 spiro atoms. The van der Waals surface area contributed by atoms with Gasteiger partial charge in [0, 0.05) is 18.5 Å². The Morgan fingerprint density at radius 2 is 2.05 bits per heavy atom. The summed E-state index contributed by atoms with van der Waals surface area (Å²) in [6, 6.07) is 6.89. The molecule has 0 aliphatic carbocycles. The summed E-state index contributed by atoms with van der Waals surface area (Å²) in [5.41, 5.74) is -0.149. The number of rotatable bonds is 2. The van der Waals surface area contributed by atoms with Gasteiger partial charge in [-0.25, -0.2) is 4.79 Å². The number of ether oxygens (including phenoxy) is 1. The fraction of sp³-hybridized carbons (Fsp3) is 0.333. The lowest BCUT2D eigenvalue weighted by Crippen LogP contribution is -2.31. The Kier molecular flexibility index (Phi) is 3.18. The van der Waals surface area contributed by atoms with Crippen molar-refractivity contribution in [2.75, 3.05) is 20.2 Å². The number of carbonyl (C=O) groups is 1. The molecule has 0 radical (unpaired) electrons. The van der Waals surface area contributed by atoms with Crippen molar-refractivity contribution in [3.05, 3.63) is 40.2 Å². The summed E-state index contributed by atoms with van der Waals surface area (Å²) in [7, 11) is 1.51. The molecule has 1 aromatic heterocycles. The van der Waals surface area contributed by atoms with Gasteiger partial charge in [-0.15, -0.1) is 0 Å². The van der Waals surface area contributed by atoms with Crippen molar-refractivity contribution >= 4 is 16.9 Å². The molecule has 1 amide bonds. The molecule has 1 fully saturated rings. The van der Waals surface area contributed by atoms with Gasteiger partial charge >= 0.3 is 5.63 Å². The molecule has 1 aliphatic heterocycles. The lowest BCUT2D eigenvalue weighted by atomic mass is 10.1. The summed E-state index contributed by atoms with van der Waals surface area (Å²) in [6.07, 6.45) is 1.97. The molecule has 0 atom stereocenters. The Bertz CT molecular complexity index is 713. The minimum atomic E-state index is -0.612. The summed E-state index contributed by atoms with van der Waals surface area (Å²) in [4.78, 5) is 26.0. The van der Waals surface area contributed by atoms with E-state index in [1.165, 1.54) is 7.11 Å². The number of likely N-dealkylation sites (tertiary alicyclic amines) is 1. The average molecular weight is 273 g/mol. The molecule has 20 heavy (non-hydrogen) atoms. The first-order valence-corrected chi connectivity index (χ1v) is 6.61. The first kappa shape index (κ1) is 12.7. The minimum Gasteiger partial charge on any atom is -0.493 e. The summed E-state index contributed by atoms with van der Waals surface area (Å²) in [5, 5.41) is 0.687. The number of benzene rings is 1. The molecular formula is C15H15NO4. The number of nitrogens with zero attached hydrogens (tertiary/aromatic N) is 1. The molecule has 0 unspecified atom stereocenters. The van der Waals surface area contributed by atoms with Crippen molar-refractivity contribution in [2.24, 2.45) is 0 Å². The molecule has 0 saturated carbocycles. The molecule has 1 aromatic carbocycles. The predicted molar refractivity (Wildman–Crippen MR) is 74.2 cm³/mol. The van der Waals surface area contributed by atoms with E-state index < -0.39 is 5.63 Å². The van der Waals surface area contributed by atoms with Crippen LogP contribution in [0.15, 0.2) is 33.5 Å². The Morgan fingerprint density at radius 3 is 2.75 bits per heavy atom. The summed E-state index contributed by atoms with van der Waals surface area (Å²) < 4.78 is 10.4. The van der Waals surface area contributed by atoms with Gasteiger partial charge in [0.2, 0.25) is 0 Å². The van der Waals surface area contributed by atoms with E-state index >= 15 is 0 Å². The van der Waals surface area contributed by atoms with E-state index in [0.717, 1.165) is 12.8 Å². The third-order valence-corrected chi connectivity index (χ3v) is 3.57. The minimum absolute atomic E-state index is 0.0904. The fourth-order valence-electron chi connectivity index (χ4n) is 2.52. The zero-order valence-electron chi connectivity index (χ0n) is 11.2. The van der Waals surface area contributed by atoms with Crippen LogP contribution in [0.3, 0.4) is 0 Å². The fourth-order valence-corrected chi connectivity index (χ4v) is 2.52. The van der Waals surface area contributed by atoms with E-state index in [1.807, 2.05) is 0 Å². The molecule has 2 aromatic rings. The largest absolute Gasteiger partial charge is 0.493 e. The molecule has 5 heteroatoms. The molecule has 0 bridgehead atoms. The van der Waals surface area contributed by atoms with Gasteiger partial charge in [0.1, 0.15) is 5.56 Å². The van der Waals surface area contributed by atoms with E-state index in [2.05, 4.69) is 0 Å². The number of para-hydroxylation sites is 1. The topological polar surface area (TPSA) is 59.8 Å². The first-order chi connectivity index (χ1) is 9.70. The van der Waals surface area contributed by atoms with Gasteiger partial charge in [-0.1, -0.05) is 12.1 Å². The number of fused-ring (bicyclic) bond motifs is 1. The van der Waals surface area contributed by atoms with Gasteiger partial charge in [0.15, 0.2) is 11.3 Å². The molecule has 1 saturated heterocycles. The highest BCUT2D eigenvalue weighted by atomic mass is 16.5. The quantitative estimate of drug-likeness (QED) is 0.786. The van der Waals surface area contributed by atoms with Gasteiger partial charge < -0.3 is 14.1 Å². The lowest BCUT2D eigenvalue weighted by molar-refractivity contribution is 0.0789. The second kappa shape index (κ2) is 5.00. The molecule has 0 N–H and O–H groups in total. The number of amides is 1. The standard InChI is InChI=1S/C15H15NO4/c1-19-12-6-4-5-10-9-11(15(18)20-13(10)12)14(17)16-7-2-3-8-16/h4-6,9H,2-3,7-8H2,1H3. The van der Waals surface area contributed by atoms with Crippen LogP contribution in [0, 0.1) is 0 Å². The van der Waals surface area contributed by atoms with Gasteiger partial charge in [0.05, 0.1) is 7.11 Å². The Labute approximate surface area is 115 Å². The van der Waals surface area contributed by atoms with E-state index in [1.54, 1.807) is 29.2 Å². The van der Waals surface area contributed by atoms with Crippen molar-refractivity contribution in [3.63, 3.8) is 0 Å². The smallest absolute Gasteiger partial charge is 0.349 e. The summed E-state index contributed by atoms with van der Waals surface area (Å²) in [5.74, 6) is 0.237. The van der Waals surface area contributed by atoms with Crippen molar-refractivity contribution in [1.82, 2.24) is 4.90 Å². The predicted octanol–water partition coefficient (Wildman–Crippen LogP) is 2.04. The van der Waals surface area contributed by atoms with Crippen LogP contribution in [-0.4, -0.2) is 31.0 Å². The van der Waals surface area contributed by atoms with Gasteiger partial charge in [-0.2, -0.15) is 0 Å².